The molecule has 0 N–H and O–H groups in total. The Labute approximate surface area is 125 Å². The minimum atomic E-state index is 0. The monoisotopic (exact) mass is 420 g/mol. The first-order chi connectivity index (χ1) is 7.74. The third-order valence-corrected chi connectivity index (χ3v) is 2.68. The Morgan fingerprint density at radius 1 is 0.706 bits per heavy atom. The van der Waals surface area contributed by atoms with Gasteiger partial charge < -0.3 is 0 Å². The maximum absolute atomic E-state index is 2.16. The van der Waals surface area contributed by atoms with Crippen LogP contribution in [0, 0.1) is 13.8 Å². The zero-order chi connectivity index (χ0) is 11.8. The molecular weight excluding hydrogens is 399 g/mol. The van der Waals surface area contributed by atoms with Gasteiger partial charge in [0, 0.05) is 27.3 Å². The van der Waals surface area contributed by atoms with Crippen LogP contribution in [0.2, 0.25) is 0 Å². The summed E-state index contributed by atoms with van der Waals surface area (Å²) in [5.74, 6) is 0. The normalized spacial score (nSPS) is 8.65. The van der Waals surface area contributed by atoms with Gasteiger partial charge in [-0.1, -0.05) is 61.5 Å². The maximum Gasteiger partial charge on any atom is 0 e. The molecule has 2 rings (SSSR count). The zero-order valence-electron chi connectivity index (χ0n) is 10.9. The van der Waals surface area contributed by atoms with Gasteiger partial charge in [0.1, 0.15) is 0 Å². The van der Waals surface area contributed by atoms with E-state index < -0.39 is 0 Å². The van der Waals surface area contributed by atoms with Crippen molar-refractivity contribution in [1.29, 1.82) is 0 Å². The van der Waals surface area contributed by atoms with Crippen LogP contribution in [0.15, 0.2) is 54.6 Å². The van der Waals surface area contributed by atoms with Gasteiger partial charge in [0.15, 0.2) is 0 Å². The van der Waals surface area contributed by atoms with E-state index in [1.165, 1.54) is 16.7 Å². The first-order valence-electron chi connectivity index (χ1n) is 5.80. The number of hydrogen-bond acceptors (Lipinski definition) is 0. The van der Waals surface area contributed by atoms with Crippen molar-refractivity contribution in [2.45, 2.75) is 27.2 Å². The van der Waals surface area contributed by atoms with E-state index in [0.717, 1.165) is 6.42 Å². The fourth-order valence-corrected chi connectivity index (χ4v) is 1.38. The summed E-state index contributed by atoms with van der Waals surface area (Å²) in [6.07, 6.45) is 1.14. The molecule has 0 aromatic heterocycles. The van der Waals surface area contributed by atoms with Crippen LogP contribution in [0.3, 0.4) is 0 Å². The topological polar surface area (TPSA) is 0 Å². The van der Waals surface area contributed by atoms with E-state index >= 15 is 0 Å². The molecule has 0 nitrogen and oxygen atoms in total. The van der Waals surface area contributed by atoms with E-state index in [0.29, 0.717) is 0 Å². The predicted molar refractivity (Wildman–Crippen MR) is 77.5 cm³/mol. The Morgan fingerprint density at radius 3 is 1.41 bits per heavy atom. The van der Waals surface area contributed by atoms with Crippen molar-refractivity contribution in [2.75, 3.05) is 0 Å². The van der Waals surface area contributed by atoms with Crippen LogP contribution in [-0.4, -0.2) is 27.3 Å². The minimum absolute atomic E-state index is 0. The number of hydrogen-bond donors (Lipinski definition) is 0. The summed E-state index contributed by atoms with van der Waals surface area (Å²) in [5.41, 5.74) is 4.15. The molecule has 0 heterocycles. The summed E-state index contributed by atoms with van der Waals surface area (Å²) in [6.45, 7) is 6.40. The van der Waals surface area contributed by atoms with Gasteiger partial charge in [-0.3, -0.25) is 0 Å². The van der Waals surface area contributed by atoms with Gasteiger partial charge in [0.25, 0.3) is 0 Å². The van der Waals surface area contributed by atoms with E-state index in [1.54, 1.807) is 0 Å². The van der Waals surface area contributed by atoms with Crippen LogP contribution in [0.4, 0.5) is 0 Å². The molecule has 0 atom stereocenters. The van der Waals surface area contributed by atoms with Crippen molar-refractivity contribution in [3.05, 3.63) is 71.3 Å². The van der Waals surface area contributed by atoms with Gasteiger partial charge in [0.2, 0.25) is 0 Å². The molecule has 0 aliphatic carbocycles. The molecule has 17 heavy (non-hydrogen) atoms. The predicted octanol–water partition coefficient (Wildman–Crippen LogP) is 4.17. The third-order valence-electron chi connectivity index (χ3n) is 2.68. The quantitative estimate of drug-likeness (QED) is 0.609. The Morgan fingerprint density at radius 2 is 1.12 bits per heavy atom. The first-order valence-corrected chi connectivity index (χ1v) is 5.80. The first kappa shape index (κ1) is 16.4. The van der Waals surface area contributed by atoms with Crippen LogP contribution < -0.4 is 0 Å². The van der Waals surface area contributed by atoms with E-state index in [-0.39, 0.29) is 27.3 Å². The van der Waals surface area contributed by atoms with Crippen molar-refractivity contribution < 1.29 is 0 Å². The Hall–Kier alpha value is -0.638. The van der Waals surface area contributed by atoms with E-state index in [9.17, 15) is 0 Å². The SMILES string of the molecule is CCc1ccccc1.Cc1ccccc1C.[Pb]. The molecule has 1 heteroatoms. The Balaban J connectivity index is 0.000000284. The van der Waals surface area contributed by atoms with Crippen LogP contribution in [0.5, 0.6) is 0 Å². The fourth-order valence-electron chi connectivity index (χ4n) is 1.38. The maximum atomic E-state index is 2.16. The molecule has 4 radical (unpaired) electrons. The Kier molecular flexibility index (Phi) is 9.05. The average Bonchev–Trinajstić information content (AvgIpc) is 2.35. The second-order valence-electron chi connectivity index (χ2n) is 3.92. The smallest absolute Gasteiger partial charge is 0 e. The second-order valence-corrected chi connectivity index (χ2v) is 3.92. The number of rotatable bonds is 1. The summed E-state index contributed by atoms with van der Waals surface area (Å²) in [6, 6.07) is 18.8. The molecule has 0 saturated heterocycles. The minimum Gasteiger partial charge on any atom is -0.0622 e. The summed E-state index contributed by atoms with van der Waals surface area (Å²) in [5, 5.41) is 0. The molecule has 0 aliphatic heterocycles. The molecule has 2 aromatic rings. The van der Waals surface area contributed by atoms with E-state index in [2.05, 4.69) is 69.3 Å². The molecule has 0 saturated carbocycles. The summed E-state index contributed by atoms with van der Waals surface area (Å²) < 4.78 is 0. The van der Waals surface area contributed by atoms with Gasteiger partial charge in [-0.25, -0.2) is 0 Å². The van der Waals surface area contributed by atoms with E-state index in [1.807, 2.05) is 6.07 Å². The van der Waals surface area contributed by atoms with Crippen LogP contribution in [0.1, 0.15) is 23.6 Å². The molecule has 0 bridgehead atoms. The molecule has 0 aliphatic rings. The zero-order valence-corrected chi connectivity index (χ0v) is 14.8. The van der Waals surface area contributed by atoms with Gasteiger partial charge >= 0.3 is 0 Å². The van der Waals surface area contributed by atoms with E-state index in [4.69, 9.17) is 0 Å². The number of benzene rings is 2. The van der Waals surface area contributed by atoms with Gasteiger partial charge in [-0.05, 0) is 37.0 Å². The largest absolute Gasteiger partial charge is 0.0622 e. The molecule has 0 fully saturated rings. The van der Waals surface area contributed by atoms with Crippen molar-refractivity contribution in [1.82, 2.24) is 0 Å². The average molecular weight is 420 g/mol. The Bertz CT molecular complexity index is 386. The van der Waals surface area contributed by atoms with Gasteiger partial charge in [0.05, 0.1) is 0 Å². The van der Waals surface area contributed by atoms with Crippen molar-refractivity contribution in [2.24, 2.45) is 0 Å². The molecular formula is C16H20Pb. The number of aryl methyl sites for hydroxylation is 3. The van der Waals surface area contributed by atoms with Crippen LogP contribution in [-0.2, 0) is 6.42 Å². The summed E-state index contributed by atoms with van der Waals surface area (Å²) in [4.78, 5) is 0. The fraction of sp³-hybridized carbons (Fsp3) is 0.250. The third kappa shape index (κ3) is 6.62. The summed E-state index contributed by atoms with van der Waals surface area (Å²) in [7, 11) is 0. The van der Waals surface area contributed by atoms with Crippen LogP contribution in [0.25, 0.3) is 0 Å². The van der Waals surface area contributed by atoms with Crippen molar-refractivity contribution >= 4 is 27.3 Å². The molecule has 0 unspecified atom stereocenters. The van der Waals surface area contributed by atoms with Gasteiger partial charge in [-0.2, -0.15) is 0 Å². The molecule has 0 spiro atoms. The second kappa shape index (κ2) is 9.40. The van der Waals surface area contributed by atoms with Crippen molar-refractivity contribution in [3.8, 4) is 0 Å². The molecule has 88 valence electrons. The summed E-state index contributed by atoms with van der Waals surface area (Å²) >= 11 is 0. The van der Waals surface area contributed by atoms with Crippen LogP contribution >= 0.6 is 0 Å². The van der Waals surface area contributed by atoms with Gasteiger partial charge in [-0.15, -0.1) is 0 Å². The molecule has 2 aromatic carbocycles. The van der Waals surface area contributed by atoms with Crippen molar-refractivity contribution in [3.63, 3.8) is 0 Å². The standard InChI is InChI=1S/2C8H10.Pb/c1-7-5-3-4-6-8(7)2;1-2-8-6-4-3-5-7-8;/h3-6H,1-2H3;3-7H,2H2,1H3;. The molecule has 0 amide bonds.